The lowest BCUT2D eigenvalue weighted by atomic mass is 9.87. The van der Waals surface area contributed by atoms with E-state index < -0.39 is 5.54 Å². The highest BCUT2D eigenvalue weighted by Gasteiger charge is 2.52. The van der Waals surface area contributed by atoms with E-state index in [2.05, 4.69) is 49.1 Å². The summed E-state index contributed by atoms with van der Waals surface area (Å²) < 4.78 is 1.02. The smallest absolute Gasteiger partial charge is 0.325 e. The summed E-state index contributed by atoms with van der Waals surface area (Å²) in [7, 11) is 0. The van der Waals surface area contributed by atoms with Crippen molar-refractivity contribution in [2.75, 3.05) is 23.4 Å². The van der Waals surface area contributed by atoms with Crippen molar-refractivity contribution >= 4 is 39.2 Å². The van der Waals surface area contributed by atoms with Gasteiger partial charge < -0.3 is 15.6 Å². The Morgan fingerprint density at radius 3 is 2.59 bits per heavy atom. The summed E-state index contributed by atoms with van der Waals surface area (Å²) in [4.78, 5) is 29.4. The van der Waals surface area contributed by atoms with E-state index in [9.17, 15) is 9.59 Å². The summed E-state index contributed by atoms with van der Waals surface area (Å²) in [6.07, 6.45) is 1.20. The number of anilines is 2. The molecule has 3 heterocycles. The van der Waals surface area contributed by atoms with Crippen molar-refractivity contribution in [1.29, 1.82) is 0 Å². The second kappa shape index (κ2) is 7.03. The lowest BCUT2D eigenvalue weighted by Crippen LogP contribution is -2.55. The van der Waals surface area contributed by atoms with Crippen LogP contribution in [-0.4, -0.2) is 35.5 Å². The summed E-state index contributed by atoms with van der Waals surface area (Å²) in [6.45, 7) is 2.51. The van der Waals surface area contributed by atoms with Crippen LogP contribution in [-0.2, 0) is 17.9 Å². The van der Waals surface area contributed by atoms with Crippen LogP contribution in [0.2, 0.25) is 0 Å². The van der Waals surface area contributed by atoms with Crippen LogP contribution in [0.5, 0.6) is 0 Å². The monoisotopic (exact) mass is 455 g/mol. The largest absolute Gasteiger partial charge is 0.371 e. The van der Waals surface area contributed by atoms with Gasteiger partial charge in [0, 0.05) is 35.4 Å². The predicted molar refractivity (Wildman–Crippen MR) is 114 cm³/mol. The third-order valence-electron chi connectivity index (χ3n) is 6.07. The maximum atomic E-state index is 13.2. The van der Waals surface area contributed by atoms with Crippen LogP contribution in [0.1, 0.15) is 24.0 Å². The van der Waals surface area contributed by atoms with E-state index in [4.69, 9.17) is 0 Å². The molecule has 0 aliphatic carbocycles. The fraction of sp³-hybridized carbons (Fsp3) is 0.333. The van der Waals surface area contributed by atoms with Crippen molar-refractivity contribution in [2.45, 2.75) is 31.5 Å². The minimum Gasteiger partial charge on any atom is -0.371 e. The van der Waals surface area contributed by atoms with E-state index in [1.54, 1.807) is 0 Å². The van der Waals surface area contributed by atoms with Gasteiger partial charge in [0.2, 0.25) is 0 Å². The van der Waals surface area contributed by atoms with Crippen molar-refractivity contribution in [3.8, 4) is 0 Å². The number of carbonyl (C=O) groups excluding carboxylic acids is 2. The molecule has 0 aromatic heterocycles. The van der Waals surface area contributed by atoms with Crippen LogP contribution in [0.3, 0.4) is 0 Å². The molecule has 2 saturated heterocycles. The number of piperidine rings is 1. The standard InChI is InChI=1S/C21H22BrN5O2/c22-15-10-17-16(12-23-25-17)18(11-15)26-8-6-21(7-9-26)19(28)27(20(29)24-21)13-14-4-2-1-3-5-14/h1-5,10-11,23,25H,6-9,12-13H2,(H,24,29). The molecule has 29 heavy (non-hydrogen) atoms. The Morgan fingerprint density at radius 2 is 1.83 bits per heavy atom. The van der Waals surface area contributed by atoms with Gasteiger partial charge in [-0.25, -0.2) is 10.2 Å². The molecule has 0 atom stereocenters. The van der Waals surface area contributed by atoms with Crippen molar-refractivity contribution in [1.82, 2.24) is 15.6 Å². The number of halogens is 1. The van der Waals surface area contributed by atoms with Gasteiger partial charge in [0.05, 0.1) is 12.2 Å². The number of urea groups is 1. The SMILES string of the molecule is O=C1NC2(CCN(c3cc(Br)cc4c3CNN4)CC2)C(=O)N1Cc1ccccc1. The average molecular weight is 456 g/mol. The summed E-state index contributed by atoms with van der Waals surface area (Å²) in [5.74, 6) is -0.103. The van der Waals surface area contributed by atoms with E-state index in [0.717, 1.165) is 22.3 Å². The van der Waals surface area contributed by atoms with E-state index in [1.165, 1.54) is 16.2 Å². The Morgan fingerprint density at radius 1 is 1.07 bits per heavy atom. The fourth-order valence-electron chi connectivity index (χ4n) is 4.48. The van der Waals surface area contributed by atoms with Gasteiger partial charge in [0.25, 0.3) is 5.91 Å². The number of imide groups is 1. The first kappa shape index (κ1) is 18.4. The molecule has 2 aromatic carbocycles. The molecule has 2 aromatic rings. The predicted octanol–water partition coefficient (Wildman–Crippen LogP) is 2.97. The summed E-state index contributed by atoms with van der Waals surface area (Å²) in [5, 5.41) is 3.00. The summed E-state index contributed by atoms with van der Waals surface area (Å²) in [6, 6.07) is 13.5. The molecule has 3 amide bonds. The molecular weight excluding hydrogens is 434 g/mol. The number of hydrazine groups is 1. The number of nitrogens with one attached hydrogen (secondary N) is 3. The highest BCUT2D eigenvalue weighted by Crippen LogP contribution is 2.38. The Balaban J connectivity index is 1.33. The molecule has 0 saturated carbocycles. The van der Waals surface area contributed by atoms with E-state index in [-0.39, 0.29) is 11.9 Å². The maximum absolute atomic E-state index is 13.2. The number of fused-ring (bicyclic) bond motifs is 1. The molecule has 1 spiro atoms. The molecule has 0 unspecified atom stereocenters. The van der Waals surface area contributed by atoms with Gasteiger partial charge in [-0.15, -0.1) is 0 Å². The van der Waals surface area contributed by atoms with Gasteiger partial charge in [0.1, 0.15) is 5.54 Å². The molecule has 3 N–H and O–H groups in total. The Bertz CT molecular complexity index is 973. The van der Waals surface area contributed by atoms with Crippen LogP contribution in [0, 0.1) is 0 Å². The zero-order valence-corrected chi connectivity index (χ0v) is 17.5. The van der Waals surface area contributed by atoms with Crippen LogP contribution >= 0.6 is 15.9 Å². The Kier molecular flexibility index (Phi) is 4.48. The molecule has 8 heteroatoms. The molecular formula is C21H22BrN5O2. The molecule has 5 rings (SSSR count). The zero-order valence-electron chi connectivity index (χ0n) is 15.9. The van der Waals surface area contributed by atoms with Crippen LogP contribution < -0.4 is 21.1 Å². The van der Waals surface area contributed by atoms with E-state index in [1.807, 2.05) is 30.3 Å². The number of nitrogens with zero attached hydrogens (tertiary/aromatic N) is 2. The number of benzene rings is 2. The highest BCUT2D eigenvalue weighted by molar-refractivity contribution is 9.10. The highest BCUT2D eigenvalue weighted by atomic mass is 79.9. The van der Waals surface area contributed by atoms with Crippen LogP contribution in [0.25, 0.3) is 0 Å². The fourth-order valence-corrected chi connectivity index (χ4v) is 4.93. The van der Waals surface area contributed by atoms with Crippen molar-refractivity contribution in [3.63, 3.8) is 0 Å². The number of hydrogen-bond acceptors (Lipinski definition) is 5. The van der Waals surface area contributed by atoms with Crippen molar-refractivity contribution in [2.24, 2.45) is 0 Å². The van der Waals surface area contributed by atoms with Gasteiger partial charge in [-0.05, 0) is 30.5 Å². The van der Waals surface area contributed by atoms with Crippen LogP contribution in [0.15, 0.2) is 46.9 Å². The lowest BCUT2D eigenvalue weighted by molar-refractivity contribution is -0.132. The van der Waals surface area contributed by atoms with Gasteiger partial charge >= 0.3 is 6.03 Å². The first-order chi connectivity index (χ1) is 14.1. The summed E-state index contributed by atoms with van der Waals surface area (Å²) >= 11 is 3.59. The minimum atomic E-state index is -0.784. The first-order valence-electron chi connectivity index (χ1n) is 9.80. The molecule has 2 fully saturated rings. The Labute approximate surface area is 177 Å². The van der Waals surface area contributed by atoms with Gasteiger partial charge in [0.15, 0.2) is 0 Å². The second-order valence-corrected chi connectivity index (χ2v) is 8.72. The first-order valence-corrected chi connectivity index (χ1v) is 10.6. The van der Waals surface area contributed by atoms with Crippen molar-refractivity contribution in [3.05, 3.63) is 58.1 Å². The molecule has 3 aliphatic rings. The average Bonchev–Trinajstić information content (AvgIpc) is 3.28. The second-order valence-electron chi connectivity index (χ2n) is 7.81. The zero-order chi connectivity index (χ0) is 20.0. The van der Waals surface area contributed by atoms with Crippen LogP contribution in [0.4, 0.5) is 16.2 Å². The number of amides is 3. The van der Waals surface area contributed by atoms with E-state index >= 15 is 0 Å². The molecule has 0 radical (unpaired) electrons. The third kappa shape index (κ3) is 3.16. The number of rotatable bonds is 3. The molecule has 150 valence electrons. The van der Waals surface area contributed by atoms with Gasteiger partial charge in [-0.1, -0.05) is 46.3 Å². The topological polar surface area (TPSA) is 76.7 Å². The third-order valence-corrected chi connectivity index (χ3v) is 6.52. The molecule has 7 nitrogen and oxygen atoms in total. The minimum absolute atomic E-state index is 0.103. The number of carbonyl (C=O) groups is 2. The molecule has 0 bridgehead atoms. The normalized spacial score (nSPS) is 20.0. The number of hydrogen-bond donors (Lipinski definition) is 3. The molecule has 3 aliphatic heterocycles. The maximum Gasteiger partial charge on any atom is 0.325 e. The van der Waals surface area contributed by atoms with Gasteiger partial charge in [-0.2, -0.15) is 0 Å². The van der Waals surface area contributed by atoms with E-state index in [0.29, 0.717) is 32.5 Å². The Hall–Kier alpha value is -2.58. The summed E-state index contributed by atoms with van der Waals surface area (Å²) in [5.41, 5.74) is 10.0. The van der Waals surface area contributed by atoms with Gasteiger partial charge in [-0.3, -0.25) is 9.69 Å². The lowest BCUT2D eigenvalue weighted by Gasteiger charge is -2.39. The van der Waals surface area contributed by atoms with Crippen molar-refractivity contribution < 1.29 is 9.59 Å². The quantitative estimate of drug-likeness (QED) is 0.620.